The second-order valence-electron chi connectivity index (χ2n) is 6.58. The van der Waals surface area contributed by atoms with Crippen LogP contribution < -0.4 is 0 Å². The summed E-state index contributed by atoms with van der Waals surface area (Å²) in [6, 6.07) is 7.12. The Bertz CT molecular complexity index is 824. The van der Waals surface area contributed by atoms with Crippen molar-refractivity contribution in [2.45, 2.75) is 48.5 Å². The molecular weight excluding hydrogens is 252 g/mol. The molecule has 0 aliphatic heterocycles. The molecule has 3 rings (SSSR count). The molecule has 0 nitrogen and oxygen atoms in total. The van der Waals surface area contributed by atoms with Crippen LogP contribution in [-0.4, -0.2) is 0 Å². The zero-order chi connectivity index (χ0) is 15.5. The van der Waals surface area contributed by atoms with E-state index in [9.17, 15) is 0 Å². The Kier molecular flexibility index (Phi) is 3.09. The minimum Gasteiger partial charge on any atom is -0.0509 e. The number of aryl methyl sites for hydroxylation is 5. The van der Waals surface area contributed by atoms with E-state index in [0.29, 0.717) is 0 Å². The molecule has 0 aromatic heterocycles. The van der Waals surface area contributed by atoms with Crippen LogP contribution in [0.3, 0.4) is 0 Å². The van der Waals surface area contributed by atoms with E-state index in [2.05, 4.69) is 66.7 Å². The van der Waals surface area contributed by atoms with Crippen LogP contribution in [0.4, 0.5) is 0 Å². The maximum absolute atomic E-state index is 2.40. The highest BCUT2D eigenvalue weighted by Crippen LogP contribution is 2.35. The molecule has 21 heavy (non-hydrogen) atoms. The van der Waals surface area contributed by atoms with Gasteiger partial charge in [-0.1, -0.05) is 12.1 Å². The summed E-state index contributed by atoms with van der Waals surface area (Å²) in [4.78, 5) is 0. The van der Waals surface area contributed by atoms with Crippen LogP contribution >= 0.6 is 0 Å². The lowest BCUT2D eigenvalue weighted by Gasteiger charge is -2.17. The summed E-state index contributed by atoms with van der Waals surface area (Å²) < 4.78 is 0. The van der Waals surface area contributed by atoms with Crippen molar-refractivity contribution in [2.24, 2.45) is 0 Å². The molecule has 0 N–H and O–H groups in total. The van der Waals surface area contributed by atoms with Crippen LogP contribution in [0.1, 0.15) is 38.9 Å². The summed E-state index contributed by atoms with van der Waals surface area (Å²) in [6.45, 7) is 15.7. The van der Waals surface area contributed by atoms with Crippen LogP contribution in [0.25, 0.3) is 21.5 Å². The molecule has 0 aliphatic rings. The molecular formula is C21H24. The van der Waals surface area contributed by atoms with Gasteiger partial charge in [0.05, 0.1) is 0 Å². The van der Waals surface area contributed by atoms with E-state index >= 15 is 0 Å². The summed E-state index contributed by atoms with van der Waals surface area (Å²) in [5, 5.41) is 5.64. The van der Waals surface area contributed by atoms with Crippen molar-refractivity contribution in [3.05, 3.63) is 57.1 Å². The molecule has 0 heterocycles. The third-order valence-electron chi connectivity index (χ3n) is 5.51. The lowest BCUT2D eigenvalue weighted by atomic mass is 9.87. The molecule has 0 fully saturated rings. The van der Waals surface area contributed by atoms with E-state index in [1.165, 1.54) is 60.5 Å². The Labute approximate surface area is 127 Å². The molecule has 3 aromatic rings. The standard InChI is InChI=1S/C21H24/c1-11-8-18-17(7)19-9-12(2)14(4)16(6)21(19)10-20(18)15(5)13(11)3/h8-10H,1-7H3. The van der Waals surface area contributed by atoms with E-state index < -0.39 is 0 Å². The van der Waals surface area contributed by atoms with E-state index in [4.69, 9.17) is 0 Å². The van der Waals surface area contributed by atoms with Crippen LogP contribution in [0, 0.1) is 48.5 Å². The Morgan fingerprint density at radius 1 is 0.381 bits per heavy atom. The molecule has 3 aromatic carbocycles. The quantitative estimate of drug-likeness (QED) is 0.432. The summed E-state index contributed by atoms with van der Waals surface area (Å²) in [7, 11) is 0. The molecule has 108 valence electrons. The van der Waals surface area contributed by atoms with Gasteiger partial charge in [0, 0.05) is 0 Å². The fraction of sp³-hybridized carbons (Fsp3) is 0.333. The monoisotopic (exact) mass is 276 g/mol. The summed E-state index contributed by atoms with van der Waals surface area (Å²) in [6.07, 6.45) is 0. The predicted octanol–water partition coefficient (Wildman–Crippen LogP) is 6.15. The smallest absolute Gasteiger partial charge is 0.0143 e. The van der Waals surface area contributed by atoms with Crippen molar-refractivity contribution >= 4 is 21.5 Å². The molecule has 0 heteroatoms. The number of rotatable bonds is 0. The van der Waals surface area contributed by atoms with Gasteiger partial charge in [-0.2, -0.15) is 0 Å². The van der Waals surface area contributed by atoms with Crippen molar-refractivity contribution in [3.8, 4) is 0 Å². The van der Waals surface area contributed by atoms with Crippen molar-refractivity contribution < 1.29 is 0 Å². The molecule has 0 unspecified atom stereocenters. The fourth-order valence-electron chi connectivity index (χ4n) is 3.49. The first-order valence-electron chi connectivity index (χ1n) is 7.73. The van der Waals surface area contributed by atoms with Gasteiger partial charge in [0.1, 0.15) is 0 Å². The highest BCUT2D eigenvalue weighted by atomic mass is 14.2. The largest absolute Gasteiger partial charge is 0.0509 e. The van der Waals surface area contributed by atoms with Gasteiger partial charge in [0.2, 0.25) is 0 Å². The van der Waals surface area contributed by atoms with Gasteiger partial charge in [0.15, 0.2) is 0 Å². The molecule has 0 amide bonds. The second kappa shape index (κ2) is 4.59. The Morgan fingerprint density at radius 2 is 0.714 bits per heavy atom. The van der Waals surface area contributed by atoms with Gasteiger partial charge in [-0.15, -0.1) is 0 Å². The molecule has 0 aliphatic carbocycles. The van der Waals surface area contributed by atoms with Crippen LogP contribution in [-0.2, 0) is 0 Å². The number of hydrogen-bond donors (Lipinski definition) is 0. The Morgan fingerprint density at radius 3 is 1.10 bits per heavy atom. The van der Waals surface area contributed by atoms with Gasteiger partial charge in [-0.05, 0) is 115 Å². The highest BCUT2D eigenvalue weighted by molar-refractivity contribution is 6.05. The van der Waals surface area contributed by atoms with Crippen molar-refractivity contribution in [3.63, 3.8) is 0 Å². The third-order valence-corrected chi connectivity index (χ3v) is 5.51. The van der Waals surface area contributed by atoms with Gasteiger partial charge in [0.25, 0.3) is 0 Å². The van der Waals surface area contributed by atoms with Gasteiger partial charge >= 0.3 is 0 Å². The minimum absolute atomic E-state index is 1.39. The maximum atomic E-state index is 2.40. The number of hydrogen-bond acceptors (Lipinski definition) is 0. The molecule has 0 bridgehead atoms. The number of fused-ring (bicyclic) bond motifs is 2. The van der Waals surface area contributed by atoms with Crippen LogP contribution in [0.2, 0.25) is 0 Å². The van der Waals surface area contributed by atoms with Gasteiger partial charge < -0.3 is 0 Å². The molecule has 0 saturated heterocycles. The average molecular weight is 276 g/mol. The molecule has 0 radical (unpaired) electrons. The predicted molar refractivity (Wildman–Crippen MR) is 94.6 cm³/mol. The molecule has 0 spiro atoms. The zero-order valence-electron chi connectivity index (χ0n) is 14.2. The van der Waals surface area contributed by atoms with Gasteiger partial charge in [-0.3, -0.25) is 0 Å². The van der Waals surface area contributed by atoms with Crippen molar-refractivity contribution in [2.75, 3.05) is 0 Å². The maximum Gasteiger partial charge on any atom is -0.0143 e. The Balaban J connectivity index is 2.62. The zero-order valence-corrected chi connectivity index (χ0v) is 14.2. The average Bonchev–Trinajstić information content (AvgIpc) is 2.45. The summed E-state index contributed by atoms with van der Waals surface area (Å²) in [5.41, 5.74) is 9.89. The van der Waals surface area contributed by atoms with E-state index in [1.807, 2.05) is 0 Å². The molecule has 0 atom stereocenters. The van der Waals surface area contributed by atoms with Crippen molar-refractivity contribution in [1.82, 2.24) is 0 Å². The lowest BCUT2D eigenvalue weighted by molar-refractivity contribution is 1.28. The first-order chi connectivity index (χ1) is 9.82. The third kappa shape index (κ3) is 1.89. The number of benzene rings is 3. The van der Waals surface area contributed by atoms with E-state index in [-0.39, 0.29) is 0 Å². The van der Waals surface area contributed by atoms with Crippen LogP contribution in [0.15, 0.2) is 18.2 Å². The fourth-order valence-corrected chi connectivity index (χ4v) is 3.49. The van der Waals surface area contributed by atoms with Crippen molar-refractivity contribution in [1.29, 1.82) is 0 Å². The lowest BCUT2D eigenvalue weighted by Crippen LogP contribution is -1.95. The first kappa shape index (κ1) is 14.1. The summed E-state index contributed by atoms with van der Waals surface area (Å²) in [5.74, 6) is 0. The first-order valence-corrected chi connectivity index (χ1v) is 7.73. The van der Waals surface area contributed by atoms with E-state index in [1.54, 1.807) is 0 Å². The minimum atomic E-state index is 1.39. The Hall–Kier alpha value is -1.82. The highest BCUT2D eigenvalue weighted by Gasteiger charge is 2.12. The van der Waals surface area contributed by atoms with Crippen LogP contribution in [0.5, 0.6) is 0 Å². The second-order valence-corrected chi connectivity index (χ2v) is 6.58. The summed E-state index contributed by atoms with van der Waals surface area (Å²) >= 11 is 0. The SMILES string of the molecule is Cc1cc2c(C)c3cc(C)c(C)c(C)c3cc2c(C)c1C. The molecule has 0 saturated carbocycles. The van der Waals surface area contributed by atoms with E-state index in [0.717, 1.165) is 0 Å². The topological polar surface area (TPSA) is 0 Å². The van der Waals surface area contributed by atoms with Gasteiger partial charge in [-0.25, -0.2) is 0 Å². The normalized spacial score (nSPS) is 11.6.